The number of nitrogens with zero attached hydrogens (tertiary/aromatic N) is 2. The van der Waals surface area contributed by atoms with Gasteiger partial charge in [-0.3, -0.25) is 5.41 Å². The van der Waals surface area contributed by atoms with Crippen molar-refractivity contribution < 1.29 is 19.0 Å². The number of aliphatic hydroxyl groups is 1. The summed E-state index contributed by atoms with van der Waals surface area (Å²) in [5.41, 5.74) is -0.889. The summed E-state index contributed by atoms with van der Waals surface area (Å²) in [6.07, 6.45) is 1.32. The Morgan fingerprint density at radius 1 is 1.55 bits per heavy atom. The topological polar surface area (TPSA) is 78.6 Å². The lowest BCUT2D eigenvalue weighted by Crippen LogP contribution is -2.77. The number of aromatic nitrogens is 1. The second kappa shape index (κ2) is 4.36. The Morgan fingerprint density at radius 2 is 2.14 bits per heavy atom. The lowest BCUT2D eigenvalue weighted by Gasteiger charge is -2.69. The minimum Gasteiger partial charge on any atom is -0.480 e. The van der Waals surface area contributed by atoms with Gasteiger partial charge in [0.25, 0.3) is 5.95 Å². The van der Waals surface area contributed by atoms with Gasteiger partial charge in [0.2, 0.25) is 0 Å². The third-order valence-electron chi connectivity index (χ3n) is 4.98. The van der Waals surface area contributed by atoms with Crippen LogP contribution in [0.2, 0.25) is 0 Å². The molecule has 0 spiro atoms. The first-order valence-corrected chi connectivity index (χ1v) is 6.97. The van der Waals surface area contributed by atoms with Crippen molar-refractivity contribution in [2.24, 2.45) is 7.05 Å². The Hall–Kier alpha value is -2.27. The second-order valence-electron chi connectivity index (χ2n) is 6.28. The van der Waals surface area contributed by atoms with Crippen LogP contribution in [-0.2, 0) is 16.6 Å². The number of hydrogen-bond donors (Lipinski definition) is 2. The van der Waals surface area contributed by atoms with Crippen molar-refractivity contribution in [1.29, 1.82) is 5.41 Å². The number of hydrogen-bond acceptors (Lipinski definition) is 5. The number of aliphatic hydroxyl groups excluding tert-OH is 1. The highest BCUT2D eigenvalue weighted by Crippen LogP contribution is 2.65. The molecular formula is C15H18FN3O3. The van der Waals surface area contributed by atoms with Crippen LogP contribution in [0.15, 0.2) is 6.07 Å². The van der Waals surface area contributed by atoms with Crippen molar-refractivity contribution >= 4 is 17.6 Å². The van der Waals surface area contributed by atoms with Gasteiger partial charge in [-0.05, 0) is 6.07 Å². The van der Waals surface area contributed by atoms with Crippen molar-refractivity contribution in [3.63, 3.8) is 0 Å². The molecular weight excluding hydrogens is 289 g/mol. The summed E-state index contributed by atoms with van der Waals surface area (Å²) in [4.78, 5) is 13.2. The first-order chi connectivity index (χ1) is 10.3. The molecule has 1 heterocycles. The van der Waals surface area contributed by atoms with E-state index in [1.54, 1.807) is 14.1 Å². The highest BCUT2D eigenvalue weighted by molar-refractivity contribution is 5.61. The molecule has 2 N–H and O–H groups in total. The van der Waals surface area contributed by atoms with E-state index in [-0.39, 0.29) is 21.6 Å². The first kappa shape index (κ1) is 14.7. The summed E-state index contributed by atoms with van der Waals surface area (Å²) in [7, 11) is 4.64. The highest BCUT2D eigenvalue weighted by atomic mass is 19.1. The van der Waals surface area contributed by atoms with Crippen LogP contribution >= 0.6 is 0 Å². The number of halogens is 1. The number of carbonyl (C=O) groups excluding carboxylic acids is 1. The van der Waals surface area contributed by atoms with Crippen molar-refractivity contribution in [3.05, 3.63) is 22.1 Å². The molecule has 3 aliphatic carbocycles. The summed E-state index contributed by atoms with van der Waals surface area (Å²) in [5.74, 6) is 1.45. The Kier molecular flexibility index (Phi) is 2.91. The number of alkyl halides is 1. The zero-order valence-electron chi connectivity index (χ0n) is 12.7. The van der Waals surface area contributed by atoms with E-state index >= 15 is 0 Å². The Morgan fingerprint density at radius 3 is 2.59 bits per heavy atom. The first-order valence-electron chi connectivity index (χ1n) is 6.97. The average molecular weight is 307 g/mol. The maximum atomic E-state index is 13.8. The third-order valence-corrected chi connectivity index (χ3v) is 4.98. The summed E-state index contributed by atoms with van der Waals surface area (Å²) in [6.45, 7) is 0. The van der Waals surface area contributed by atoms with Crippen molar-refractivity contribution in [1.82, 2.24) is 4.57 Å². The van der Waals surface area contributed by atoms with E-state index in [1.807, 2.05) is 10.8 Å². The van der Waals surface area contributed by atoms with E-state index in [4.69, 9.17) is 10.1 Å². The molecule has 22 heavy (non-hydrogen) atoms. The van der Waals surface area contributed by atoms with Gasteiger partial charge in [0.15, 0.2) is 11.3 Å². The number of nitrogens with one attached hydrogen (secondary N) is 1. The summed E-state index contributed by atoms with van der Waals surface area (Å²) < 4.78 is 19.9. The minimum atomic E-state index is -1.06. The van der Waals surface area contributed by atoms with Gasteiger partial charge in [0.1, 0.15) is 11.2 Å². The van der Waals surface area contributed by atoms with Crippen LogP contribution < -0.4 is 21.0 Å². The molecule has 0 aliphatic heterocycles. The number of methoxy groups -OCH3 is 1. The molecule has 0 radical (unpaired) electrons. The van der Waals surface area contributed by atoms with Crippen LogP contribution in [-0.4, -0.2) is 41.0 Å². The molecule has 7 heteroatoms. The van der Waals surface area contributed by atoms with Crippen molar-refractivity contribution in [3.8, 4) is 0 Å². The van der Waals surface area contributed by atoms with E-state index in [0.29, 0.717) is 24.9 Å². The van der Waals surface area contributed by atoms with Crippen LogP contribution in [0, 0.1) is 5.41 Å². The predicted molar refractivity (Wildman–Crippen MR) is 77.2 cm³/mol. The molecule has 6 nitrogen and oxygen atoms in total. The van der Waals surface area contributed by atoms with E-state index in [0.717, 1.165) is 0 Å². The van der Waals surface area contributed by atoms with Crippen LogP contribution in [0.4, 0.5) is 10.1 Å². The molecule has 1 aromatic heterocycles. The zero-order chi connectivity index (χ0) is 16.3. The largest absolute Gasteiger partial charge is 0.480 e. The maximum absolute atomic E-state index is 13.8. The molecule has 3 aliphatic rings. The lowest BCUT2D eigenvalue weighted by molar-refractivity contribution is -0.150. The SMILES string of the molecule is CO/C(O)=c1/cc(N(C)C23CC(F)(C2)C3)c(=C=O)n(C)c1=N. The molecule has 0 amide bonds. The van der Waals surface area contributed by atoms with Gasteiger partial charge in [-0.2, -0.15) is 0 Å². The molecule has 0 saturated heterocycles. The average Bonchev–Trinajstić information content (AvgIpc) is 2.44. The van der Waals surface area contributed by atoms with Gasteiger partial charge in [-0.25, -0.2) is 9.18 Å². The van der Waals surface area contributed by atoms with Gasteiger partial charge >= 0.3 is 0 Å². The zero-order valence-corrected chi connectivity index (χ0v) is 12.7. The molecule has 3 fully saturated rings. The van der Waals surface area contributed by atoms with Crippen LogP contribution in [0.1, 0.15) is 19.3 Å². The van der Waals surface area contributed by atoms with E-state index in [2.05, 4.69) is 0 Å². The molecule has 0 unspecified atom stereocenters. The Bertz CT molecular complexity index is 834. The van der Waals surface area contributed by atoms with Gasteiger partial charge < -0.3 is 19.3 Å². The predicted octanol–water partition coefficient (Wildman–Crippen LogP) is -0.641. The molecule has 3 saturated carbocycles. The third kappa shape index (κ3) is 1.72. The minimum absolute atomic E-state index is 0.0607. The molecule has 2 bridgehead atoms. The normalized spacial score (nSPS) is 29.8. The molecule has 0 atom stereocenters. The monoisotopic (exact) mass is 307 g/mol. The molecule has 4 rings (SSSR count). The smallest absolute Gasteiger partial charge is 0.287 e. The van der Waals surface area contributed by atoms with Crippen LogP contribution in [0.5, 0.6) is 0 Å². The number of pyridine rings is 1. The Labute approximate surface area is 126 Å². The fourth-order valence-corrected chi connectivity index (χ4v) is 3.61. The van der Waals surface area contributed by atoms with E-state index < -0.39 is 11.6 Å². The molecule has 118 valence electrons. The van der Waals surface area contributed by atoms with Gasteiger partial charge in [0, 0.05) is 38.9 Å². The molecule has 1 aromatic rings. The quantitative estimate of drug-likeness (QED) is 0.778. The Balaban J connectivity index is 2.22. The fraction of sp³-hybridized carbons (Fsp3) is 0.533. The van der Waals surface area contributed by atoms with Gasteiger partial charge in [-0.1, -0.05) is 0 Å². The summed E-state index contributed by atoms with van der Waals surface area (Å²) >= 11 is 0. The van der Waals surface area contributed by atoms with Crippen molar-refractivity contribution in [2.45, 2.75) is 30.5 Å². The molecule has 0 aromatic carbocycles. The summed E-state index contributed by atoms with van der Waals surface area (Å²) in [5, 5.41) is 18.2. The number of ether oxygens (including phenoxy) is 1. The van der Waals surface area contributed by atoms with E-state index in [1.165, 1.54) is 17.7 Å². The standard InChI is InChI=1S/C15H18FN3O3/c1-18-11(5-20)10(4-9(12(18)17)13(21)22-3)19(2)15-6-14(16,7-15)8-15/h4,17,21H,6-8H2,1-3H3/b13-9-,17-12?. The number of anilines is 1. The van der Waals surface area contributed by atoms with E-state index in [9.17, 15) is 14.3 Å². The number of rotatable bonds is 3. The van der Waals surface area contributed by atoms with Gasteiger partial charge in [-0.15, -0.1) is 0 Å². The lowest BCUT2D eigenvalue weighted by atomic mass is 9.46. The maximum Gasteiger partial charge on any atom is 0.287 e. The highest BCUT2D eigenvalue weighted by Gasteiger charge is 2.71. The van der Waals surface area contributed by atoms with Crippen LogP contribution in [0.25, 0.3) is 5.95 Å². The second-order valence-corrected chi connectivity index (χ2v) is 6.28. The van der Waals surface area contributed by atoms with Crippen LogP contribution in [0.3, 0.4) is 0 Å². The van der Waals surface area contributed by atoms with Gasteiger partial charge in [0.05, 0.1) is 18.0 Å². The fourth-order valence-electron chi connectivity index (χ4n) is 3.61. The van der Waals surface area contributed by atoms with Crippen molar-refractivity contribution in [2.75, 3.05) is 19.1 Å². The summed E-state index contributed by atoms with van der Waals surface area (Å²) in [6, 6.07) is 1.52.